The Kier molecular flexibility index (Phi) is 5.77. The Labute approximate surface area is 138 Å². The molecule has 0 aliphatic heterocycles. The van der Waals surface area contributed by atoms with E-state index in [-0.39, 0.29) is 30.3 Å². The van der Waals surface area contributed by atoms with Gasteiger partial charge in [-0.3, -0.25) is 9.59 Å². The van der Waals surface area contributed by atoms with Gasteiger partial charge in [0.05, 0.1) is 6.54 Å². The number of nitrogens with zero attached hydrogens (tertiary/aromatic N) is 1. The van der Waals surface area contributed by atoms with Crippen molar-refractivity contribution in [2.75, 3.05) is 18.9 Å². The van der Waals surface area contributed by atoms with E-state index in [1.807, 2.05) is 32.0 Å². The van der Waals surface area contributed by atoms with Gasteiger partial charge in [0.15, 0.2) is 0 Å². The van der Waals surface area contributed by atoms with Crippen LogP contribution < -0.4 is 11.1 Å². The molecule has 0 heterocycles. The molecule has 2 rings (SSSR count). The Morgan fingerprint density at radius 3 is 2.52 bits per heavy atom. The molecule has 0 aromatic heterocycles. The smallest absolute Gasteiger partial charge is 0.243 e. The second-order valence-corrected chi connectivity index (χ2v) is 6.63. The summed E-state index contributed by atoms with van der Waals surface area (Å²) in [6.07, 6.45) is 3.57. The normalized spacial score (nSPS) is 20.9. The molecule has 23 heavy (non-hydrogen) atoms. The van der Waals surface area contributed by atoms with Crippen molar-refractivity contribution in [1.29, 1.82) is 0 Å². The zero-order chi connectivity index (χ0) is 17.0. The maximum Gasteiger partial charge on any atom is 0.243 e. The second-order valence-electron chi connectivity index (χ2n) is 6.63. The lowest BCUT2D eigenvalue weighted by molar-refractivity contribution is -0.138. The molecule has 2 unspecified atom stereocenters. The molecule has 1 aromatic rings. The average molecular weight is 317 g/mol. The molecule has 1 saturated carbocycles. The minimum absolute atomic E-state index is 0.0248. The zero-order valence-corrected chi connectivity index (χ0v) is 14.3. The number of nitrogens with one attached hydrogen (secondary N) is 1. The lowest BCUT2D eigenvalue weighted by Crippen LogP contribution is -2.42. The Balaban J connectivity index is 1.93. The van der Waals surface area contributed by atoms with Gasteiger partial charge in [0.25, 0.3) is 0 Å². The van der Waals surface area contributed by atoms with E-state index in [2.05, 4.69) is 5.32 Å². The quantitative estimate of drug-likeness (QED) is 0.894. The molecule has 126 valence electrons. The van der Waals surface area contributed by atoms with Gasteiger partial charge < -0.3 is 16.0 Å². The summed E-state index contributed by atoms with van der Waals surface area (Å²) in [6, 6.07) is 5.99. The molecule has 5 nitrogen and oxygen atoms in total. The minimum atomic E-state index is -0.168. The summed E-state index contributed by atoms with van der Waals surface area (Å²) < 4.78 is 0. The van der Waals surface area contributed by atoms with Crippen LogP contribution in [0.15, 0.2) is 18.2 Å². The highest BCUT2D eigenvalue weighted by Gasteiger charge is 2.28. The van der Waals surface area contributed by atoms with Gasteiger partial charge in [0.2, 0.25) is 11.8 Å². The van der Waals surface area contributed by atoms with Crippen LogP contribution in [0.1, 0.15) is 36.8 Å². The summed E-state index contributed by atoms with van der Waals surface area (Å²) in [4.78, 5) is 26.2. The van der Waals surface area contributed by atoms with Gasteiger partial charge in [-0.2, -0.15) is 0 Å². The van der Waals surface area contributed by atoms with Crippen LogP contribution in [0.5, 0.6) is 0 Å². The number of nitrogens with two attached hydrogens (primary N) is 1. The third kappa shape index (κ3) is 4.55. The highest BCUT2D eigenvalue weighted by Crippen LogP contribution is 2.25. The first-order valence-electron chi connectivity index (χ1n) is 8.25. The summed E-state index contributed by atoms with van der Waals surface area (Å²) in [6.45, 7) is 3.99. The van der Waals surface area contributed by atoms with E-state index in [0.717, 1.165) is 42.5 Å². The van der Waals surface area contributed by atoms with Crippen LogP contribution in [0.2, 0.25) is 0 Å². The second kappa shape index (κ2) is 7.59. The van der Waals surface area contributed by atoms with Crippen LogP contribution in [0.4, 0.5) is 5.69 Å². The number of carbonyl (C=O) groups is 2. The largest absolute Gasteiger partial charge is 0.336 e. The third-order valence-corrected chi connectivity index (χ3v) is 4.57. The van der Waals surface area contributed by atoms with Crippen molar-refractivity contribution in [3.8, 4) is 0 Å². The van der Waals surface area contributed by atoms with Crippen molar-refractivity contribution in [1.82, 2.24) is 4.90 Å². The van der Waals surface area contributed by atoms with Crippen molar-refractivity contribution in [2.24, 2.45) is 11.7 Å². The molecule has 0 saturated heterocycles. The molecule has 1 aromatic carbocycles. The van der Waals surface area contributed by atoms with Crippen LogP contribution >= 0.6 is 0 Å². The highest BCUT2D eigenvalue weighted by molar-refractivity contribution is 5.95. The van der Waals surface area contributed by atoms with Gasteiger partial charge in [0, 0.05) is 24.7 Å². The first-order chi connectivity index (χ1) is 10.9. The zero-order valence-electron chi connectivity index (χ0n) is 14.3. The van der Waals surface area contributed by atoms with Crippen LogP contribution in [0.25, 0.3) is 0 Å². The van der Waals surface area contributed by atoms with E-state index in [1.165, 1.54) is 4.90 Å². The minimum Gasteiger partial charge on any atom is -0.336 e. The SMILES string of the molecule is Cc1cccc(C)c1NC(=O)CN(C)C(=O)C1CCCC(N)C1. The maximum atomic E-state index is 12.5. The lowest BCUT2D eigenvalue weighted by Gasteiger charge is -2.29. The predicted molar refractivity (Wildman–Crippen MR) is 92.1 cm³/mol. The third-order valence-electron chi connectivity index (χ3n) is 4.57. The fourth-order valence-corrected chi connectivity index (χ4v) is 3.25. The lowest BCUT2D eigenvalue weighted by atomic mass is 9.85. The summed E-state index contributed by atoms with van der Waals surface area (Å²) in [5, 5.41) is 2.92. The number of aryl methyl sites for hydroxylation is 2. The Morgan fingerprint density at radius 1 is 1.26 bits per heavy atom. The van der Waals surface area contributed by atoms with E-state index < -0.39 is 0 Å². The van der Waals surface area contributed by atoms with E-state index in [4.69, 9.17) is 5.73 Å². The van der Waals surface area contributed by atoms with Gasteiger partial charge >= 0.3 is 0 Å². The monoisotopic (exact) mass is 317 g/mol. The number of hydrogen-bond donors (Lipinski definition) is 2. The molecular formula is C18H27N3O2. The summed E-state index contributed by atoms with van der Waals surface area (Å²) in [5.74, 6) is -0.188. The van der Waals surface area contributed by atoms with Gasteiger partial charge in [-0.1, -0.05) is 24.6 Å². The fraction of sp³-hybridized carbons (Fsp3) is 0.556. The summed E-state index contributed by atoms with van der Waals surface area (Å²) in [7, 11) is 1.69. The van der Waals surface area contributed by atoms with Gasteiger partial charge in [-0.15, -0.1) is 0 Å². The fourth-order valence-electron chi connectivity index (χ4n) is 3.25. The first-order valence-corrected chi connectivity index (χ1v) is 8.25. The number of para-hydroxylation sites is 1. The number of hydrogen-bond acceptors (Lipinski definition) is 3. The van der Waals surface area contributed by atoms with Crippen LogP contribution in [0, 0.1) is 19.8 Å². The molecule has 1 aliphatic carbocycles. The number of benzene rings is 1. The van der Waals surface area contributed by atoms with Crippen molar-refractivity contribution in [3.05, 3.63) is 29.3 Å². The molecule has 1 aliphatic rings. The van der Waals surface area contributed by atoms with Crippen molar-refractivity contribution < 1.29 is 9.59 Å². The average Bonchev–Trinajstić information content (AvgIpc) is 2.50. The molecule has 0 spiro atoms. The molecule has 3 N–H and O–H groups in total. The molecular weight excluding hydrogens is 290 g/mol. The number of likely N-dealkylation sites (N-methyl/N-ethyl adjacent to an activating group) is 1. The van der Waals surface area contributed by atoms with E-state index in [0.29, 0.717) is 0 Å². The van der Waals surface area contributed by atoms with Crippen LogP contribution in [-0.4, -0.2) is 36.3 Å². The standard InChI is InChI=1S/C18H27N3O2/c1-12-6-4-7-13(2)17(12)20-16(22)11-21(3)18(23)14-8-5-9-15(19)10-14/h4,6-7,14-15H,5,8-11,19H2,1-3H3,(H,20,22). The maximum absolute atomic E-state index is 12.5. The van der Waals surface area contributed by atoms with Gasteiger partial charge in [-0.25, -0.2) is 0 Å². The summed E-state index contributed by atoms with van der Waals surface area (Å²) in [5.41, 5.74) is 8.82. The number of amides is 2. The molecule has 1 fully saturated rings. The number of rotatable bonds is 4. The van der Waals surface area contributed by atoms with Crippen molar-refractivity contribution in [2.45, 2.75) is 45.6 Å². The van der Waals surface area contributed by atoms with Crippen molar-refractivity contribution in [3.63, 3.8) is 0 Å². The Hall–Kier alpha value is -1.88. The van der Waals surface area contributed by atoms with E-state index in [1.54, 1.807) is 7.05 Å². The molecule has 2 atom stereocenters. The summed E-state index contributed by atoms with van der Waals surface area (Å²) >= 11 is 0. The number of anilines is 1. The van der Waals surface area contributed by atoms with Gasteiger partial charge in [0.1, 0.15) is 0 Å². The highest BCUT2D eigenvalue weighted by atomic mass is 16.2. The number of carbonyl (C=O) groups excluding carboxylic acids is 2. The molecule has 0 radical (unpaired) electrons. The van der Waals surface area contributed by atoms with Crippen molar-refractivity contribution >= 4 is 17.5 Å². The topological polar surface area (TPSA) is 75.4 Å². The van der Waals surface area contributed by atoms with Gasteiger partial charge in [-0.05, 0) is 44.2 Å². The predicted octanol–water partition coefficient (Wildman–Crippen LogP) is 2.22. The van der Waals surface area contributed by atoms with Crippen LogP contribution in [0.3, 0.4) is 0 Å². The molecule has 5 heteroatoms. The van der Waals surface area contributed by atoms with E-state index in [9.17, 15) is 9.59 Å². The first kappa shape index (κ1) is 17.5. The Morgan fingerprint density at radius 2 is 1.91 bits per heavy atom. The Bertz CT molecular complexity index is 565. The van der Waals surface area contributed by atoms with Crippen LogP contribution in [-0.2, 0) is 9.59 Å². The molecule has 2 amide bonds. The van der Waals surface area contributed by atoms with E-state index >= 15 is 0 Å². The molecule has 0 bridgehead atoms.